The zero-order valence-electron chi connectivity index (χ0n) is 8.74. The summed E-state index contributed by atoms with van der Waals surface area (Å²) in [6.07, 6.45) is 0.132. The van der Waals surface area contributed by atoms with Gasteiger partial charge in [0, 0.05) is 0 Å². The van der Waals surface area contributed by atoms with Crippen molar-refractivity contribution >= 4 is 12.4 Å². The number of nitrogens with one attached hydrogen (secondary N) is 1. The molecule has 1 unspecified atom stereocenters. The molecule has 0 heterocycles. The Morgan fingerprint density at radius 1 is 1.62 bits per heavy atom. The Morgan fingerprint density at radius 2 is 2.31 bits per heavy atom. The summed E-state index contributed by atoms with van der Waals surface area (Å²) in [5.41, 5.74) is 0.918. The van der Waals surface area contributed by atoms with E-state index in [2.05, 4.69) is 5.32 Å². The summed E-state index contributed by atoms with van der Waals surface area (Å²) >= 11 is 0. The van der Waals surface area contributed by atoms with Crippen molar-refractivity contribution in [3.63, 3.8) is 0 Å². The highest BCUT2D eigenvalue weighted by Crippen LogP contribution is 2.19. The number of rotatable bonds is 5. The van der Waals surface area contributed by atoms with Gasteiger partial charge in [-0.25, -0.2) is 4.39 Å². The lowest BCUT2D eigenvalue weighted by molar-refractivity contribution is -0.137. The first kappa shape index (κ1) is 12.2. The van der Waals surface area contributed by atoms with E-state index in [0.717, 1.165) is 0 Å². The van der Waals surface area contributed by atoms with Gasteiger partial charge in [-0.1, -0.05) is 12.1 Å². The largest absolute Gasteiger partial charge is 0.481 e. The van der Waals surface area contributed by atoms with Gasteiger partial charge in [0.1, 0.15) is 5.82 Å². The molecule has 1 rings (SSSR count). The molecule has 1 atom stereocenters. The van der Waals surface area contributed by atoms with Gasteiger partial charge in [0.25, 0.3) is 0 Å². The highest BCUT2D eigenvalue weighted by Gasteiger charge is 2.15. The van der Waals surface area contributed by atoms with Crippen LogP contribution >= 0.6 is 0 Å². The van der Waals surface area contributed by atoms with E-state index in [1.54, 1.807) is 19.1 Å². The minimum absolute atomic E-state index is 0.277. The molecule has 0 aliphatic carbocycles. The van der Waals surface area contributed by atoms with Crippen LogP contribution in [0.5, 0.6) is 0 Å². The van der Waals surface area contributed by atoms with Gasteiger partial charge in [-0.05, 0) is 24.1 Å². The average Bonchev–Trinajstić information content (AvgIpc) is 2.21. The highest BCUT2D eigenvalue weighted by atomic mass is 19.1. The number of hydrogen-bond acceptors (Lipinski definition) is 2. The van der Waals surface area contributed by atoms with Crippen LogP contribution in [0.2, 0.25) is 0 Å². The van der Waals surface area contributed by atoms with Crippen molar-refractivity contribution in [2.75, 3.05) is 0 Å². The van der Waals surface area contributed by atoms with Crippen LogP contribution in [0.25, 0.3) is 0 Å². The zero-order valence-corrected chi connectivity index (χ0v) is 8.74. The third-order valence-corrected chi connectivity index (χ3v) is 2.25. The first-order chi connectivity index (χ1) is 7.54. The van der Waals surface area contributed by atoms with E-state index in [1.165, 1.54) is 6.07 Å². The molecule has 0 saturated carbocycles. The minimum atomic E-state index is -1.06. The number of amides is 1. The van der Waals surface area contributed by atoms with E-state index in [1.807, 2.05) is 0 Å². The topological polar surface area (TPSA) is 66.4 Å². The number of halogens is 1. The number of carbonyl (C=O) groups is 2. The average molecular weight is 225 g/mol. The predicted octanol–water partition coefficient (Wildman–Crippen LogP) is 1.40. The van der Waals surface area contributed by atoms with Crippen LogP contribution in [0.3, 0.4) is 0 Å². The standard InChI is InChI=1S/C11H12FNO3/c1-7-2-3-8(4-9(7)12)10(13-6-14)5-11(15)16/h2-4,6,10H,5H2,1H3,(H,13,14)(H,15,16). The van der Waals surface area contributed by atoms with E-state index < -0.39 is 17.8 Å². The molecular weight excluding hydrogens is 213 g/mol. The summed E-state index contributed by atoms with van der Waals surface area (Å²) in [7, 11) is 0. The Hall–Kier alpha value is -1.91. The number of aliphatic carboxylic acids is 1. The third kappa shape index (κ3) is 3.05. The lowest BCUT2D eigenvalue weighted by Gasteiger charge is -2.14. The van der Waals surface area contributed by atoms with Crippen molar-refractivity contribution in [2.45, 2.75) is 19.4 Å². The lowest BCUT2D eigenvalue weighted by Crippen LogP contribution is -2.22. The maximum absolute atomic E-state index is 13.3. The monoisotopic (exact) mass is 225 g/mol. The maximum Gasteiger partial charge on any atom is 0.305 e. The summed E-state index contributed by atoms with van der Waals surface area (Å²) < 4.78 is 13.3. The fourth-order valence-corrected chi connectivity index (χ4v) is 1.36. The molecule has 0 radical (unpaired) electrons. The van der Waals surface area contributed by atoms with E-state index in [-0.39, 0.29) is 6.42 Å². The van der Waals surface area contributed by atoms with Crippen LogP contribution in [0.15, 0.2) is 18.2 Å². The summed E-state index contributed by atoms with van der Waals surface area (Å²) in [5, 5.41) is 11.0. The quantitative estimate of drug-likeness (QED) is 0.744. The number of carboxylic acid groups (broad SMARTS) is 1. The van der Waals surface area contributed by atoms with Gasteiger partial charge in [0.05, 0.1) is 12.5 Å². The lowest BCUT2D eigenvalue weighted by atomic mass is 10.0. The molecule has 0 aliphatic rings. The second-order valence-electron chi connectivity index (χ2n) is 3.44. The van der Waals surface area contributed by atoms with Gasteiger partial charge in [-0.15, -0.1) is 0 Å². The molecule has 0 saturated heterocycles. The van der Waals surface area contributed by atoms with Gasteiger partial charge in [0.2, 0.25) is 6.41 Å². The van der Waals surface area contributed by atoms with Crippen molar-refractivity contribution in [1.82, 2.24) is 5.32 Å². The van der Waals surface area contributed by atoms with Crippen LogP contribution in [-0.2, 0) is 9.59 Å². The van der Waals surface area contributed by atoms with E-state index >= 15 is 0 Å². The van der Waals surface area contributed by atoms with Crippen LogP contribution < -0.4 is 5.32 Å². The normalized spacial score (nSPS) is 11.9. The zero-order chi connectivity index (χ0) is 12.1. The van der Waals surface area contributed by atoms with Crippen molar-refractivity contribution in [3.8, 4) is 0 Å². The molecule has 0 aromatic heterocycles. The summed E-state index contributed by atoms with van der Waals surface area (Å²) in [4.78, 5) is 20.9. The number of hydrogen-bond donors (Lipinski definition) is 2. The molecule has 0 aliphatic heterocycles. The molecule has 0 bridgehead atoms. The van der Waals surface area contributed by atoms with Crippen LogP contribution in [0.4, 0.5) is 4.39 Å². The van der Waals surface area contributed by atoms with Crippen molar-refractivity contribution < 1.29 is 19.1 Å². The third-order valence-electron chi connectivity index (χ3n) is 2.25. The van der Waals surface area contributed by atoms with Crippen molar-refractivity contribution in [1.29, 1.82) is 0 Å². The molecule has 1 aromatic carbocycles. The van der Waals surface area contributed by atoms with Crippen molar-refractivity contribution in [3.05, 3.63) is 35.1 Å². The number of benzene rings is 1. The van der Waals surface area contributed by atoms with E-state index in [9.17, 15) is 14.0 Å². The predicted molar refractivity (Wildman–Crippen MR) is 55.3 cm³/mol. The molecule has 86 valence electrons. The molecule has 4 nitrogen and oxygen atoms in total. The number of aryl methyl sites for hydroxylation is 1. The second kappa shape index (κ2) is 5.25. The SMILES string of the molecule is Cc1ccc(C(CC(=O)O)NC=O)cc1F. The molecule has 16 heavy (non-hydrogen) atoms. The molecule has 1 amide bonds. The van der Waals surface area contributed by atoms with Gasteiger partial charge >= 0.3 is 5.97 Å². The summed E-state index contributed by atoms with van der Waals surface area (Å²) in [6, 6.07) is 3.68. The molecule has 0 fully saturated rings. The number of carboxylic acids is 1. The Bertz CT molecular complexity index is 406. The fourth-order valence-electron chi connectivity index (χ4n) is 1.36. The molecule has 0 spiro atoms. The van der Waals surface area contributed by atoms with Crippen LogP contribution in [0.1, 0.15) is 23.6 Å². The fraction of sp³-hybridized carbons (Fsp3) is 0.273. The number of carbonyl (C=O) groups excluding carboxylic acids is 1. The Morgan fingerprint density at radius 3 is 2.81 bits per heavy atom. The highest BCUT2D eigenvalue weighted by molar-refractivity contribution is 5.68. The molecule has 5 heteroatoms. The van der Waals surface area contributed by atoms with E-state index in [0.29, 0.717) is 17.5 Å². The van der Waals surface area contributed by atoms with Crippen molar-refractivity contribution in [2.24, 2.45) is 0 Å². The molecular formula is C11H12FNO3. The second-order valence-corrected chi connectivity index (χ2v) is 3.44. The minimum Gasteiger partial charge on any atom is -0.481 e. The summed E-state index contributed by atoms with van der Waals surface area (Å²) in [5.74, 6) is -1.47. The first-order valence-corrected chi connectivity index (χ1v) is 4.72. The van der Waals surface area contributed by atoms with Gasteiger partial charge < -0.3 is 10.4 Å². The van der Waals surface area contributed by atoms with Crippen LogP contribution in [0, 0.1) is 12.7 Å². The van der Waals surface area contributed by atoms with Crippen LogP contribution in [-0.4, -0.2) is 17.5 Å². The van der Waals surface area contributed by atoms with E-state index in [4.69, 9.17) is 5.11 Å². The molecule has 1 aromatic rings. The smallest absolute Gasteiger partial charge is 0.305 e. The van der Waals surface area contributed by atoms with Gasteiger partial charge in [-0.3, -0.25) is 9.59 Å². The first-order valence-electron chi connectivity index (χ1n) is 4.72. The Balaban J connectivity index is 2.95. The maximum atomic E-state index is 13.3. The van der Waals surface area contributed by atoms with Gasteiger partial charge in [0.15, 0.2) is 0 Å². The molecule has 2 N–H and O–H groups in total. The summed E-state index contributed by atoms with van der Waals surface area (Å²) in [6.45, 7) is 1.61. The van der Waals surface area contributed by atoms with Gasteiger partial charge in [-0.2, -0.15) is 0 Å². The Labute approximate surface area is 92.1 Å². The Kier molecular flexibility index (Phi) is 3.99.